The first-order valence-electron chi connectivity index (χ1n) is 9.30. The highest BCUT2D eigenvalue weighted by atomic mass is 32.1. The second-order valence-corrected chi connectivity index (χ2v) is 7.86. The normalized spacial score (nSPS) is 12.5. The molecule has 1 unspecified atom stereocenters. The van der Waals surface area contributed by atoms with Gasteiger partial charge in [0.2, 0.25) is 5.91 Å². The van der Waals surface area contributed by atoms with Crippen molar-refractivity contribution in [1.82, 2.24) is 15.6 Å². The van der Waals surface area contributed by atoms with Gasteiger partial charge in [0.1, 0.15) is 5.82 Å². The van der Waals surface area contributed by atoms with Gasteiger partial charge in [0, 0.05) is 40.9 Å². The van der Waals surface area contributed by atoms with E-state index < -0.39 is 0 Å². The highest BCUT2D eigenvalue weighted by Gasteiger charge is 2.08. The molecule has 0 saturated heterocycles. The SMILES string of the molecule is CCNC(=NCCC(=O)Nc1cccc(C)n1)NC(C)Cc1ccc(C)s1. The number of amides is 1. The fourth-order valence-electron chi connectivity index (χ4n) is 2.59. The maximum absolute atomic E-state index is 12.1. The highest BCUT2D eigenvalue weighted by molar-refractivity contribution is 7.11. The third-order valence-corrected chi connectivity index (χ3v) is 4.82. The number of nitrogens with zero attached hydrogens (tertiary/aromatic N) is 2. The number of anilines is 1. The molecule has 0 saturated carbocycles. The summed E-state index contributed by atoms with van der Waals surface area (Å²) in [6, 6.07) is 10.1. The lowest BCUT2D eigenvalue weighted by Crippen LogP contribution is -2.43. The van der Waals surface area contributed by atoms with E-state index in [4.69, 9.17) is 0 Å². The molecule has 7 heteroatoms. The molecule has 2 rings (SSSR count). The van der Waals surface area contributed by atoms with Gasteiger partial charge in [-0.25, -0.2) is 4.98 Å². The Bertz CT molecular complexity index is 771. The summed E-state index contributed by atoms with van der Waals surface area (Å²) in [4.78, 5) is 23.5. The summed E-state index contributed by atoms with van der Waals surface area (Å²) in [6.45, 7) is 9.37. The second-order valence-electron chi connectivity index (χ2n) is 6.48. The van der Waals surface area contributed by atoms with Crippen LogP contribution < -0.4 is 16.0 Å². The predicted octanol–water partition coefficient (Wildman–Crippen LogP) is 3.27. The minimum Gasteiger partial charge on any atom is -0.357 e. The third-order valence-electron chi connectivity index (χ3n) is 3.80. The standard InChI is InChI=1S/C20H29N5OS/c1-5-21-20(24-15(3)13-17-10-9-16(4)27-17)22-12-11-19(26)25-18-8-6-7-14(2)23-18/h6-10,15H,5,11-13H2,1-4H3,(H2,21,22,24)(H,23,25,26). The van der Waals surface area contributed by atoms with Crippen molar-refractivity contribution in [2.24, 2.45) is 4.99 Å². The quantitative estimate of drug-likeness (QED) is 0.480. The molecule has 146 valence electrons. The fraction of sp³-hybridized carbons (Fsp3) is 0.450. The van der Waals surface area contributed by atoms with Crippen LogP contribution in [0.15, 0.2) is 35.3 Å². The van der Waals surface area contributed by atoms with Crippen LogP contribution in [0.4, 0.5) is 5.82 Å². The Hall–Kier alpha value is -2.41. The first-order chi connectivity index (χ1) is 13.0. The van der Waals surface area contributed by atoms with Crippen molar-refractivity contribution >= 4 is 29.0 Å². The molecule has 0 spiro atoms. The summed E-state index contributed by atoms with van der Waals surface area (Å²) in [5, 5.41) is 9.45. The van der Waals surface area contributed by atoms with E-state index >= 15 is 0 Å². The van der Waals surface area contributed by atoms with Gasteiger partial charge in [0.25, 0.3) is 0 Å². The van der Waals surface area contributed by atoms with Crippen molar-refractivity contribution in [3.63, 3.8) is 0 Å². The second kappa shape index (κ2) is 10.7. The number of nitrogens with one attached hydrogen (secondary N) is 3. The molecule has 0 aromatic carbocycles. The molecule has 2 aromatic heterocycles. The first kappa shape index (κ1) is 20.9. The average Bonchev–Trinajstić information content (AvgIpc) is 2.99. The number of pyridine rings is 1. The van der Waals surface area contributed by atoms with Crippen LogP contribution in [0.25, 0.3) is 0 Å². The van der Waals surface area contributed by atoms with Crippen LogP contribution in [0, 0.1) is 13.8 Å². The lowest BCUT2D eigenvalue weighted by Gasteiger charge is -2.17. The van der Waals surface area contributed by atoms with Gasteiger partial charge in [0.15, 0.2) is 5.96 Å². The van der Waals surface area contributed by atoms with Crippen LogP contribution in [0.5, 0.6) is 0 Å². The smallest absolute Gasteiger partial charge is 0.227 e. The molecule has 1 atom stereocenters. The third kappa shape index (κ3) is 7.78. The van der Waals surface area contributed by atoms with Crippen LogP contribution in [0.2, 0.25) is 0 Å². The van der Waals surface area contributed by atoms with E-state index in [1.165, 1.54) is 9.75 Å². The molecule has 0 aliphatic rings. The monoisotopic (exact) mass is 387 g/mol. The van der Waals surface area contributed by atoms with Crippen LogP contribution >= 0.6 is 11.3 Å². The Morgan fingerprint density at radius 1 is 1.26 bits per heavy atom. The molecular weight excluding hydrogens is 358 g/mol. The zero-order valence-corrected chi connectivity index (χ0v) is 17.3. The van der Waals surface area contributed by atoms with Gasteiger partial charge in [-0.15, -0.1) is 11.3 Å². The van der Waals surface area contributed by atoms with Crippen LogP contribution in [0.3, 0.4) is 0 Å². The largest absolute Gasteiger partial charge is 0.357 e. The van der Waals surface area contributed by atoms with E-state index in [9.17, 15) is 4.79 Å². The number of aryl methyl sites for hydroxylation is 2. The summed E-state index contributed by atoms with van der Waals surface area (Å²) in [6.07, 6.45) is 1.26. The molecule has 6 nitrogen and oxygen atoms in total. The van der Waals surface area contributed by atoms with E-state index in [-0.39, 0.29) is 11.9 Å². The Morgan fingerprint density at radius 3 is 2.74 bits per heavy atom. The van der Waals surface area contributed by atoms with Crippen LogP contribution in [-0.4, -0.2) is 36.0 Å². The van der Waals surface area contributed by atoms with Crippen molar-refractivity contribution in [1.29, 1.82) is 0 Å². The Morgan fingerprint density at radius 2 is 2.07 bits per heavy atom. The molecule has 0 bridgehead atoms. The number of aliphatic imine (C=N–C) groups is 1. The molecule has 2 heterocycles. The van der Waals surface area contributed by atoms with Crippen molar-refractivity contribution in [2.75, 3.05) is 18.4 Å². The van der Waals surface area contributed by atoms with Crippen LogP contribution in [0.1, 0.15) is 35.7 Å². The van der Waals surface area contributed by atoms with Gasteiger partial charge in [-0.05, 0) is 52.0 Å². The average molecular weight is 388 g/mol. The van der Waals surface area contributed by atoms with Crippen molar-refractivity contribution in [3.8, 4) is 0 Å². The molecule has 2 aromatic rings. The van der Waals surface area contributed by atoms with Gasteiger partial charge in [-0.1, -0.05) is 6.07 Å². The minimum absolute atomic E-state index is 0.0881. The lowest BCUT2D eigenvalue weighted by atomic mass is 10.2. The number of carbonyl (C=O) groups excluding carboxylic acids is 1. The topological polar surface area (TPSA) is 78.4 Å². The molecular formula is C20H29N5OS. The number of aromatic nitrogens is 1. The molecule has 0 fully saturated rings. The van der Waals surface area contributed by atoms with E-state index in [2.05, 4.69) is 51.9 Å². The molecule has 0 radical (unpaired) electrons. The van der Waals surface area contributed by atoms with E-state index in [1.54, 1.807) is 6.07 Å². The molecule has 1 amide bonds. The van der Waals surface area contributed by atoms with Crippen molar-refractivity contribution in [2.45, 2.75) is 46.6 Å². The van der Waals surface area contributed by atoms with Crippen LogP contribution in [-0.2, 0) is 11.2 Å². The van der Waals surface area contributed by atoms with Gasteiger partial charge >= 0.3 is 0 Å². The Kier molecular flexibility index (Phi) is 8.26. The van der Waals surface area contributed by atoms with Gasteiger partial charge < -0.3 is 16.0 Å². The van der Waals surface area contributed by atoms with Gasteiger partial charge in [-0.3, -0.25) is 9.79 Å². The number of carbonyl (C=O) groups is 1. The number of hydrogen-bond donors (Lipinski definition) is 3. The van der Waals surface area contributed by atoms with E-state index in [0.717, 1.165) is 24.6 Å². The van der Waals surface area contributed by atoms with E-state index in [1.807, 2.05) is 37.3 Å². The maximum Gasteiger partial charge on any atom is 0.227 e. The van der Waals surface area contributed by atoms with Gasteiger partial charge in [-0.2, -0.15) is 0 Å². The number of rotatable bonds is 8. The van der Waals surface area contributed by atoms with E-state index in [0.29, 0.717) is 18.8 Å². The number of thiophene rings is 1. The summed E-state index contributed by atoms with van der Waals surface area (Å²) >= 11 is 1.82. The molecule has 0 aliphatic carbocycles. The number of guanidine groups is 1. The van der Waals surface area contributed by atoms with Gasteiger partial charge in [0.05, 0.1) is 6.54 Å². The summed E-state index contributed by atoms with van der Waals surface area (Å²) in [5.74, 6) is 1.23. The molecule has 0 aliphatic heterocycles. The summed E-state index contributed by atoms with van der Waals surface area (Å²) in [7, 11) is 0. The minimum atomic E-state index is -0.0881. The van der Waals surface area contributed by atoms with Crippen molar-refractivity contribution in [3.05, 3.63) is 45.8 Å². The summed E-state index contributed by atoms with van der Waals surface area (Å²) in [5.41, 5.74) is 0.874. The predicted molar refractivity (Wildman–Crippen MR) is 114 cm³/mol. The zero-order chi connectivity index (χ0) is 19.6. The molecule has 27 heavy (non-hydrogen) atoms. The zero-order valence-electron chi connectivity index (χ0n) is 16.5. The highest BCUT2D eigenvalue weighted by Crippen LogP contribution is 2.16. The summed E-state index contributed by atoms with van der Waals surface area (Å²) < 4.78 is 0. The van der Waals surface area contributed by atoms with Crippen molar-refractivity contribution < 1.29 is 4.79 Å². The number of hydrogen-bond acceptors (Lipinski definition) is 4. The molecule has 3 N–H and O–H groups in total. The Labute approximate surface area is 165 Å². The first-order valence-corrected chi connectivity index (χ1v) is 10.1. The Balaban J connectivity index is 1.82. The fourth-order valence-corrected chi connectivity index (χ4v) is 3.61. The maximum atomic E-state index is 12.1. The lowest BCUT2D eigenvalue weighted by molar-refractivity contribution is -0.116.